The number of hydrogen-bond acceptors (Lipinski definition) is 5. The largest absolute Gasteiger partial charge is 0.444 e. The summed E-state index contributed by atoms with van der Waals surface area (Å²) < 4.78 is 5.50. The maximum atomic E-state index is 13.1. The van der Waals surface area contributed by atoms with Crippen molar-refractivity contribution in [2.75, 3.05) is 11.4 Å². The van der Waals surface area contributed by atoms with E-state index in [4.69, 9.17) is 4.74 Å². The molecule has 3 aromatic carbocycles. The zero-order chi connectivity index (χ0) is 22.5. The van der Waals surface area contributed by atoms with Crippen LogP contribution < -0.4 is 4.90 Å². The smallest absolute Gasteiger partial charge is 0.416 e. The van der Waals surface area contributed by atoms with Gasteiger partial charge in [0.25, 0.3) is 0 Å². The minimum absolute atomic E-state index is 0.0622. The third-order valence-electron chi connectivity index (χ3n) is 5.82. The molecule has 0 aliphatic carbocycles. The number of aliphatic hydroxyl groups is 1. The van der Waals surface area contributed by atoms with Gasteiger partial charge in [0.05, 0.1) is 11.6 Å². The Morgan fingerprint density at radius 3 is 2.19 bits per heavy atom. The summed E-state index contributed by atoms with van der Waals surface area (Å²) in [7, 11) is 0. The fourth-order valence-corrected chi connectivity index (χ4v) is 4.32. The van der Waals surface area contributed by atoms with Crippen molar-refractivity contribution in [3.63, 3.8) is 0 Å². The zero-order valence-corrected chi connectivity index (χ0v) is 17.4. The fraction of sp³-hybridized carbons (Fsp3) is 0.240. The van der Waals surface area contributed by atoms with Crippen LogP contribution in [0.15, 0.2) is 84.9 Å². The van der Waals surface area contributed by atoms with E-state index in [1.165, 1.54) is 4.90 Å². The number of carbonyl (C=O) groups excluding carboxylic acids is 1. The van der Waals surface area contributed by atoms with E-state index >= 15 is 0 Å². The zero-order valence-electron chi connectivity index (χ0n) is 17.4. The average Bonchev–Trinajstić information content (AvgIpc) is 2.81. The van der Waals surface area contributed by atoms with Crippen LogP contribution in [0, 0.1) is 16.0 Å². The number of hydrogen-bond donors (Lipinski definition) is 1. The van der Waals surface area contributed by atoms with Crippen LogP contribution in [0.5, 0.6) is 0 Å². The molecule has 7 heteroatoms. The molecule has 32 heavy (non-hydrogen) atoms. The first-order valence-corrected chi connectivity index (χ1v) is 10.5. The number of fused-ring (bicyclic) bond motifs is 1. The molecule has 0 saturated carbocycles. The summed E-state index contributed by atoms with van der Waals surface area (Å²) in [6, 6.07) is 25.7. The highest BCUT2D eigenvalue weighted by molar-refractivity contribution is 5.90. The van der Waals surface area contributed by atoms with Crippen molar-refractivity contribution in [1.82, 2.24) is 0 Å². The van der Waals surface area contributed by atoms with Crippen molar-refractivity contribution < 1.29 is 19.6 Å². The van der Waals surface area contributed by atoms with Gasteiger partial charge in [-0.3, -0.25) is 15.0 Å². The summed E-state index contributed by atoms with van der Waals surface area (Å²) in [6.07, 6.45) is -1.57. The number of nitrogens with zero attached hydrogens (tertiary/aromatic N) is 2. The molecule has 0 bridgehead atoms. The highest BCUT2D eigenvalue weighted by Crippen LogP contribution is 2.43. The minimum atomic E-state index is -1.27. The monoisotopic (exact) mass is 432 g/mol. The number of carbonyl (C=O) groups is 1. The first-order chi connectivity index (χ1) is 15.5. The molecule has 164 valence electrons. The topological polar surface area (TPSA) is 92.9 Å². The lowest BCUT2D eigenvalue weighted by Crippen LogP contribution is -2.52. The second-order valence-electron chi connectivity index (χ2n) is 7.86. The van der Waals surface area contributed by atoms with Crippen LogP contribution in [-0.2, 0) is 17.8 Å². The Morgan fingerprint density at radius 2 is 1.53 bits per heavy atom. The van der Waals surface area contributed by atoms with Crippen LogP contribution >= 0.6 is 0 Å². The summed E-state index contributed by atoms with van der Waals surface area (Å²) >= 11 is 0. The molecule has 7 nitrogen and oxygen atoms in total. The third kappa shape index (κ3) is 4.63. The van der Waals surface area contributed by atoms with Crippen LogP contribution in [-0.4, -0.2) is 28.9 Å². The quantitative estimate of drug-likeness (QED) is 0.461. The lowest BCUT2D eigenvalue weighted by molar-refractivity contribution is -0.485. The van der Waals surface area contributed by atoms with Crippen LogP contribution in [0.25, 0.3) is 0 Å². The van der Waals surface area contributed by atoms with Crippen LogP contribution in [0.1, 0.15) is 22.6 Å². The van der Waals surface area contributed by atoms with E-state index in [0.29, 0.717) is 17.7 Å². The van der Waals surface area contributed by atoms with Crippen LogP contribution in [0.4, 0.5) is 10.5 Å². The van der Waals surface area contributed by atoms with Crippen molar-refractivity contribution in [2.45, 2.75) is 25.2 Å². The molecule has 1 heterocycles. The second-order valence-corrected chi connectivity index (χ2v) is 7.86. The number of ether oxygens (including phenoxy) is 1. The molecule has 3 atom stereocenters. The van der Waals surface area contributed by atoms with Gasteiger partial charge in [-0.25, -0.2) is 4.79 Å². The summed E-state index contributed by atoms with van der Waals surface area (Å²) in [5.41, 5.74) is 2.86. The summed E-state index contributed by atoms with van der Waals surface area (Å²) in [6.45, 7) is -0.273. The lowest BCUT2D eigenvalue weighted by atomic mass is 9.77. The van der Waals surface area contributed by atoms with Gasteiger partial charge in [-0.15, -0.1) is 0 Å². The molecule has 0 saturated heterocycles. The normalized spacial score (nSPS) is 19.8. The predicted octanol–water partition coefficient (Wildman–Crippen LogP) is 4.38. The van der Waals surface area contributed by atoms with E-state index < -0.39 is 24.2 Å². The van der Waals surface area contributed by atoms with Crippen LogP contribution in [0.3, 0.4) is 0 Å². The average molecular weight is 432 g/mol. The molecule has 1 aliphatic heterocycles. The fourth-order valence-electron chi connectivity index (χ4n) is 4.32. The molecular formula is C25H24N2O5. The Kier molecular flexibility index (Phi) is 6.47. The number of benzene rings is 3. The molecule has 0 spiro atoms. The summed E-state index contributed by atoms with van der Waals surface area (Å²) in [5.74, 6) is -1.11. The third-order valence-corrected chi connectivity index (χ3v) is 5.82. The SMILES string of the molecule is O=C(OCc1ccccc1)N1c2ccccc2[C@@H](C[N+](=O)[O-])[C@@H](Cc2ccccc2)[C@@H]1O. The molecule has 0 aromatic heterocycles. The van der Waals surface area contributed by atoms with Crippen molar-refractivity contribution in [3.05, 3.63) is 112 Å². The Balaban J connectivity index is 1.67. The second kappa shape index (κ2) is 9.62. The Morgan fingerprint density at radius 1 is 0.938 bits per heavy atom. The number of anilines is 1. The maximum Gasteiger partial charge on any atom is 0.416 e. The molecule has 0 radical (unpaired) electrons. The number of aliphatic hydroxyl groups excluding tert-OH is 1. The number of amides is 1. The van der Waals surface area contributed by atoms with Gasteiger partial charge in [0, 0.05) is 10.8 Å². The maximum absolute atomic E-state index is 13.1. The Labute approximate surface area is 186 Å². The molecule has 0 fully saturated rings. The molecule has 3 aromatic rings. The van der Waals surface area contributed by atoms with Gasteiger partial charge in [-0.1, -0.05) is 78.9 Å². The Bertz CT molecular complexity index is 1070. The number of rotatable bonds is 6. The molecular weight excluding hydrogens is 408 g/mol. The van der Waals surface area contributed by atoms with E-state index in [1.807, 2.05) is 60.7 Å². The van der Waals surface area contributed by atoms with Gasteiger partial charge < -0.3 is 9.84 Å². The van der Waals surface area contributed by atoms with E-state index in [1.54, 1.807) is 24.3 Å². The molecule has 0 unspecified atom stereocenters. The predicted molar refractivity (Wildman–Crippen MR) is 120 cm³/mol. The summed E-state index contributed by atoms with van der Waals surface area (Å²) in [4.78, 5) is 25.4. The molecule has 1 N–H and O–H groups in total. The van der Waals surface area contributed by atoms with E-state index in [9.17, 15) is 20.0 Å². The van der Waals surface area contributed by atoms with Crippen molar-refractivity contribution >= 4 is 11.8 Å². The standard InChI is InChI=1S/C25H24N2O5/c28-24-21(15-18-9-3-1-4-10-18)22(16-26(30)31)20-13-7-8-14-23(20)27(24)25(29)32-17-19-11-5-2-6-12-19/h1-14,21-22,24,28H,15-17H2/t21-,22-,24+/m1/s1. The van der Waals surface area contributed by atoms with E-state index in [2.05, 4.69) is 0 Å². The Hall–Kier alpha value is -3.71. The van der Waals surface area contributed by atoms with E-state index in [-0.39, 0.29) is 18.1 Å². The van der Waals surface area contributed by atoms with Gasteiger partial charge >= 0.3 is 6.09 Å². The van der Waals surface area contributed by atoms with Crippen LogP contribution in [0.2, 0.25) is 0 Å². The van der Waals surface area contributed by atoms with Crippen molar-refractivity contribution in [2.24, 2.45) is 5.92 Å². The highest BCUT2D eigenvalue weighted by Gasteiger charge is 2.45. The highest BCUT2D eigenvalue weighted by atomic mass is 16.6. The molecule has 4 rings (SSSR count). The van der Waals surface area contributed by atoms with E-state index in [0.717, 1.165) is 11.1 Å². The minimum Gasteiger partial charge on any atom is -0.444 e. The summed E-state index contributed by atoms with van der Waals surface area (Å²) in [5, 5.41) is 22.8. The lowest BCUT2D eigenvalue weighted by Gasteiger charge is -2.42. The van der Waals surface area contributed by atoms with Crippen molar-refractivity contribution in [3.8, 4) is 0 Å². The van der Waals surface area contributed by atoms with Crippen molar-refractivity contribution in [1.29, 1.82) is 0 Å². The molecule has 1 amide bonds. The van der Waals surface area contributed by atoms with Gasteiger partial charge in [-0.2, -0.15) is 0 Å². The first kappa shape index (κ1) is 21.5. The van der Waals surface area contributed by atoms with Gasteiger partial charge in [0.15, 0.2) is 0 Å². The van der Waals surface area contributed by atoms with Gasteiger partial charge in [-0.05, 0) is 29.2 Å². The van der Waals surface area contributed by atoms with Gasteiger partial charge in [0.1, 0.15) is 12.8 Å². The number of nitro groups is 1. The molecule has 1 aliphatic rings. The first-order valence-electron chi connectivity index (χ1n) is 10.5. The van der Waals surface area contributed by atoms with Gasteiger partial charge in [0.2, 0.25) is 6.54 Å². The number of para-hydroxylation sites is 1.